The highest BCUT2D eigenvalue weighted by atomic mass is 16.6. The average Bonchev–Trinajstić information content (AvgIpc) is 3.10. The number of hydrogen-bond acceptors (Lipinski definition) is 5. The minimum atomic E-state index is -1.19. The number of nitro benzene ring substituents is 1. The first-order valence-corrected chi connectivity index (χ1v) is 8.07. The van der Waals surface area contributed by atoms with E-state index in [1.807, 2.05) is 6.07 Å². The molecule has 0 spiro atoms. The van der Waals surface area contributed by atoms with Crippen molar-refractivity contribution < 1.29 is 14.8 Å². The lowest BCUT2D eigenvalue weighted by Gasteiger charge is -2.37. The summed E-state index contributed by atoms with van der Waals surface area (Å²) >= 11 is 0. The monoisotopic (exact) mass is 335 g/mol. The molecule has 1 aliphatic carbocycles. The molecule has 1 heterocycles. The summed E-state index contributed by atoms with van der Waals surface area (Å²) in [6.45, 7) is 0. The second kappa shape index (κ2) is 5.73. The summed E-state index contributed by atoms with van der Waals surface area (Å²) in [4.78, 5) is 21.8. The molecule has 2 aromatic carbocycles. The first-order valence-electron chi connectivity index (χ1n) is 8.07. The van der Waals surface area contributed by atoms with Crippen LogP contribution in [-0.2, 0) is 0 Å². The predicted octanol–water partition coefficient (Wildman–Crippen LogP) is 2.78. The van der Waals surface area contributed by atoms with E-state index >= 15 is 0 Å². The molecule has 3 atom stereocenters. The summed E-state index contributed by atoms with van der Waals surface area (Å²) in [6, 6.07) is 11.5. The van der Waals surface area contributed by atoms with Crippen molar-refractivity contribution in [3.8, 4) is 0 Å². The van der Waals surface area contributed by atoms with Gasteiger partial charge in [0.15, 0.2) is 0 Å². The van der Waals surface area contributed by atoms with Crippen LogP contribution in [0.25, 0.3) is 0 Å². The zero-order chi connectivity index (χ0) is 17.6. The zero-order valence-electron chi connectivity index (χ0n) is 13.2. The van der Waals surface area contributed by atoms with Crippen molar-refractivity contribution in [2.45, 2.75) is 18.4 Å². The third-order valence-electron chi connectivity index (χ3n) is 5.04. The highest BCUT2D eigenvalue weighted by molar-refractivity contribution is 5.87. The van der Waals surface area contributed by atoms with Gasteiger partial charge in [0.05, 0.1) is 16.9 Å². The molecular weight excluding hydrogens is 320 g/mol. The number of fused-ring (bicyclic) bond motifs is 3. The smallest absolute Gasteiger partial charge is 0.269 e. The van der Waals surface area contributed by atoms with Gasteiger partial charge in [0, 0.05) is 23.7 Å². The van der Waals surface area contributed by atoms with Gasteiger partial charge in [-0.3, -0.25) is 10.1 Å². The fourth-order valence-electron chi connectivity index (χ4n) is 3.88. The van der Waals surface area contributed by atoms with Gasteiger partial charge >= 0.3 is 0 Å². The van der Waals surface area contributed by atoms with Gasteiger partial charge in [-0.15, -0.1) is 0 Å². The van der Waals surface area contributed by atoms with E-state index < -0.39 is 10.9 Å². The Labute approximate surface area is 144 Å². The van der Waals surface area contributed by atoms with Crippen molar-refractivity contribution in [3.63, 3.8) is 0 Å². The van der Waals surface area contributed by atoms with Crippen LogP contribution in [-0.4, -0.2) is 10.9 Å². The fourth-order valence-corrected chi connectivity index (χ4v) is 3.88. The van der Waals surface area contributed by atoms with Gasteiger partial charge in [0.25, 0.3) is 5.69 Å². The van der Waals surface area contributed by atoms with Gasteiger partial charge in [-0.05, 0) is 41.2 Å². The zero-order valence-corrected chi connectivity index (χ0v) is 13.2. The molecule has 1 aliphatic heterocycles. The number of rotatable bonds is 3. The normalized spacial score (nSPS) is 23.4. The molecule has 0 bridgehead atoms. The minimum absolute atomic E-state index is 0.0683. The Hall–Kier alpha value is -3.15. The second-order valence-corrected chi connectivity index (χ2v) is 6.42. The number of nitro groups is 1. The Morgan fingerprint density at radius 2 is 2.04 bits per heavy atom. The summed E-state index contributed by atoms with van der Waals surface area (Å²) in [5.41, 5.74) is 2.88. The molecule has 0 aromatic heterocycles. The highest BCUT2D eigenvalue weighted by Crippen LogP contribution is 2.50. The summed E-state index contributed by atoms with van der Waals surface area (Å²) in [5.74, 6) is -0.923. The number of hydrogen-bond donors (Lipinski definition) is 1. The van der Waals surface area contributed by atoms with E-state index in [0.717, 1.165) is 23.2 Å². The van der Waals surface area contributed by atoms with E-state index in [-0.39, 0.29) is 29.1 Å². The van der Waals surface area contributed by atoms with Crippen LogP contribution in [0.3, 0.4) is 0 Å². The van der Waals surface area contributed by atoms with Crippen LogP contribution >= 0.6 is 0 Å². The third-order valence-corrected chi connectivity index (χ3v) is 5.04. The number of allylic oxidation sites excluding steroid dienone is 2. The van der Waals surface area contributed by atoms with Gasteiger partial charge < -0.3 is 15.2 Å². The number of carbonyl (C=O) groups excluding carboxylic acids is 1. The molecule has 0 unspecified atom stereocenters. The molecule has 0 saturated heterocycles. The quantitative estimate of drug-likeness (QED) is 0.529. The molecule has 1 N–H and O–H groups in total. The molecule has 6 heteroatoms. The van der Waals surface area contributed by atoms with E-state index in [1.54, 1.807) is 24.3 Å². The van der Waals surface area contributed by atoms with Crippen LogP contribution in [0, 0.1) is 16.0 Å². The second-order valence-electron chi connectivity index (χ2n) is 6.42. The lowest BCUT2D eigenvalue weighted by molar-refractivity contribution is -0.384. The van der Waals surface area contributed by atoms with Crippen LogP contribution < -0.4 is 10.4 Å². The van der Waals surface area contributed by atoms with E-state index in [9.17, 15) is 20.0 Å². The number of anilines is 1. The topological polar surface area (TPSA) is 95.3 Å². The molecule has 0 radical (unpaired) electrons. The maximum absolute atomic E-state index is 11.2. The summed E-state index contributed by atoms with van der Waals surface area (Å²) < 4.78 is 0. The number of carboxylic acid groups (broad SMARTS) is 1. The molecule has 2 aromatic rings. The van der Waals surface area contributed by atoms with E-state index in [2.05, 4.69) is 17.5 Å². The Bertz CT molecular complexity index is 906. The highest BCUT2D eigenvalue weighted by Gasteiger charge is 2.38. The van der Waals surface area contributed by atoms with E-state index in [0.29, 0.717) is 0 Å². The molecule has 6 nitrogen and oxygen atoms in total. The first kappa shape index (κ1) is 15.4. The molecule has 0 saturated carbocycles. The Kier molecular flexibility index (Phi) is 3.53. The molecule has 2 aliphatic rings. The van der Waals surface area contributed by atoms with E-state index in [1.165, 1.54) is 12.1 Å². The summed E-state index contributed by atoms with van der Waals surface area (Å²) in [5, 5.41) is 25.7. The lowest BCUT2D eigenvalue weighted by atomic mass is 9.76. The van der Waals surface area contributed by atoms with E-state index in [4.69, 9.17) is 0 Å². The molecule has 25 heavy (non-hydrogen) atoms. The van der Waals surface area contributed by atoms with Crippen molar-refractivity contribution in [1.29, 1.82) is 0 Å². The summed E-state index contributed by atoms with van der Waals surface area (Å²) in [6.07, 6.45) is 5.01. The van der Waals surface area contributed by atoms with Crippen molar-refractivity contribution in [2.75, 3.05) is 5.32 Å². The van der Waals surface area contributed by atoms with Gasteiger partial charge in [0.2, 0.25) is 0 Å². The van der Waals surface area contributed by atoms with Crippen LogP contribution in [0.15, 0.2) is 54.6 Å². The van der Waals surface area contributed by atoms with Crippen LogP contribution in [0.2, 0.25) is 0 Å². The maximum Gasteiger partial charge on any atom is 0.269 e. The predicted molar refractivity (Wildman–Crippen MR) is 90.2 cm³/mol. The average molecular weight is 335 g/mol. The Morgan fingerprint density at radius 3 is 2.80 bits per heavy atom. The number of benzene rings is 2. The minimum Gasteiger partial charge on any atom is -0.545 e. The molecule has 126 valence electrons. The van der Waals surface area contributed by atoms with Gasteiger partial charge in [-0.2, -0.15) is 0 Å². The third kappa shape index (κ3) is 2.55. The maximum atomic E-state index is 11.2. The van der Waals surface area contributed by atoms with Gasteiger partial charge in [-0.25, -0.2) is 0 Å². The Balaban J connectivity index is 1.77. The first-order chi connectivity index (χ1) is 12.0. The van der Waals surface area contributed by atoms with Crippen LogP contribution in [0.1, 0.15) is 39.9 Å². The number of aromatic carboxylic acids is 1. The Morgan fingerprint density at radius 1 is 1.20 bits per heavy atom. The van der Waals surface area contributed by atoms with Crippen molar-refractivity contribution >= 4 is 17.3 Å². The number of carboxylic acids is 1. The molecule has 0 fully saturated rings. The van der Waals surface area contributed by atoms with Gasteiger partial charge in [-0.1, -0.05) is 30.4 Å². The molecule has 4 rings (SSSR count). The SMILES string of the molecule is O=C([O-])c1ccc2c(c1)[C@H]1C=CC[C@@H]1[C@@H](c1cccc([N+](=O)[O-])c1)N2. The van der Waals surface area contributed by atoms with Crippen molar-refractivity contribution in [2.24, 2.45) is 5.92 Å². The molecule has 0 amide bonds. The lowest BCUT2D eigenvalue weighted by Crippen LogP contribution is -2.30. The number of non-ortho nitro benzene ring substituents is 1. The van der Waals surface area contributed by atoms with Crippen molar-refractivity contribution in [1.82, 2.24) is 0 Å². The fraction of sp³-hybridized carbons (Fsp3) is 0.211. The number of carbonyl (C=O) groups is 1. The number of nitrogens with one attached hydrogen (secondary N) is 1. The number of nitrogens with zero attached hydrogens (tertiary/aromatic N) is 1. The summed E-state index contributed by atoms with van der Waals surface area (Å²) in [7, 11) is 0. The van der Waals surface area contributed by atoms with Gasteiger partial charge in [0.1, 0.15) is 0 Å². The van der Waals surface area contributed by atoms with Crippen LogP contribution in [0.4, 0.5) is 11.4 Å². The largest absolute Gasteiger partial charge is 0.545 e. The van der Waals surface area contributed by atoms with Crippen LogP contribution in [0.5, 0.6) is 0 Å². The van der Waals surface area contributed by atoms with Crippen molar-refractivity contribution in [3.05, 3.63) is 81.4 Å². The standard InChI is InChI=1S/C19H16N2O4/c22-19(23)12-7-8-17-16(10-12)14-5-2-6-15(14)18(20-17)11-3-1-4-13(9-11)21(24)25/h1-5,7-10,14-15,18,20H,6H2,(H,22,23)/p-1/t14-,15-,18+/m0/s1. The molecular formula is C19H15N2O4-.